The summed E-state index contributed by atoms with van der Waals surface area (Å²) in [5.74, 6) is 0.793. The SMILES string of the molecule is CCC(C)CN(CC)CCCC(C)O. The fraction of sp³-hybridized carbons (Fsp3) is 1.00. The monoisotopic (exact) mass is 201 g/mol. The molecule has 86 valence electrons. The van der Waals surface area contributed by atoms with Crippen molar-refractivity contribution < 1.29 is 5.11 Å². The van der Waals surface area contributed by atoms with Crippen molar-refractivity contribution >= 4 is 0 Å². The Morgan fingerprint density at radius 2 is 1.86 bits per heavy atom. The van der Waals surface area contributed by atoms with E-state index in [0.717, 1.165) is 31.8 Å². The van der Waals surface area contributed by atoms with Gasteiger partial charge in [-0.1, -0.05) is 27.2 Å². The van der Waals surface area contributed by atoms with E-state index in [1.807, 2.05) is 6.92 Å². The Morgan fingerprint density at radius 1 is 1.21 bits per heavy atom. The predicted molar refractivity (Wildman–Crippen MR) is 62.5 cm³/mol. The van der Waals surface area contributed by atoms with Crippen molar-refractivity contribution in [2.45, 2.75) is 53.1 Å². The highest BCUT2D eigenvalue weighted by Crippen LogP contribution is 2.06. The van der Waals surface area contributed by atoms with Gasteiger partial charge in [-0.15, -0.1) is 0 Å². The first kappa shape index (κ1) is 13.9. The molecule has 0 heterocycles. The van der Waals surface area contributed by atoms with Crippen LogP contribution in [0.4, 0.5) is 0 Å². The third-order valence-corrected chi connectivity index (χ3v) is 2.81. The molecule has 0 aliphatic carbocycles. The Labute approximate surface area is 89.3 Å². The van der Waals surface area contributed by atoms with Crippen LogP contribution in [0.15, 0.2) is 0 Å². The molecule has 2 nitrogen and oxygen atoms in total. The van der Waals surface area contributed by atoms with E-state index in [1.54, 1.807) is 0 Å². The van der Waals surface area contributed by atoms with Crippen molar-refractivity contribution in [2.24, 2.45) is 5.92 Å². The lowest BCUT2D eigenvalue weighted by Crippen LogP contribution is -2.29. The molecule has 0 radical (unpaired) electrons. The Bertz CT molecular complexity index is 125. The predicted octanol–water partition coefficient (Wildman–Crippen LogP) is 2.52. The molecule has 0 bridgehead atoms. The van der Waals surface area contributed by atoms with Crippen LogP contribution in [0.2, 0.25) is 0 Å². The van der Waals surface area contributed by atoms with Gasteiger partial charge in [-0.2, -0.15) is 0 Å². The topological polar surface area (TPSA) is 23.5 Å². The number of hydrogen-bond donors (Lipinski definition) is 1. The Balaban J connectivity index is 3.57. The van der Waals surface area contributed by atoms with Crippen LogP contribution in [-0.2, 0) is 0 Å². The van der Waals surface area contributed by atoms with Gasteiger partial charge in [-0.05, 0) is 38.8 Å². The minimum atomic E-state index is -0.141. The van der Waals surface area contributed by atoms with Gasteiger partial charge in [-0.25, -0.2) is 0 Å². The summed E-state index contributed by atoms with van der Waals surface area (Å²) in [6.45, 7) is 12.1. The van der Waals surface area contributed by atoms with Gasteiger partial charge in [-0.3, -0.25) is 0 Å². The number of aliphatic hydroxyl groups is 1. The van der Waals surface area contributed by atoms with Crippen LogP contribution in [0.3, 0.4) is 0 Å². The van der Waals surface area contributed by atoms with Gasteiger partial charge in [0.2, 0.25) is 0 Å². The van der Waals surface area contributed by atoms with Gasteiger partial charge in [0.15, 0.2) is 0 Å². The van der Waals surface area contributed by atoms with Crippen molar-refractivity contribution in [2.75, 3.05) is 19.6 Å². The van der Waals surface area contributed by atoms with Gasteiger partial charge in [0.1, 0.15) is 0 Å². The lowest BCUT2D eigenvalue weighted by atomic mass is 10.1. The smallest absolute Gasteiger partial charge is 0.0512 e. The summed E-state index contributed by atoms with van der Waals surface area (Å²) >= 11 is 0. The summed E-state index contributed by atoms with van der Waals surface area (Å²) in [6.07, 6.45) is 3.16. The number of nitrogens with zero attached hydrogens (tertiary/aromatic N) is 1. The molecular weight excluding hydrogens is 174 g/mol. The van der Waals surface area contributed by atoms with Crippen LogP contribution in [0.5, 0.6) is 0 Å². The molecule has 0 aliphatic rings. The molecule has 0 aliphatic heterocycles. The van der Waals surface area contributed by atoms with Crippen LogP contribution in [0.1, 0.15) is 47.0 Å². The molecule has 14 heavy (non-hydrogen) atoms. The zero-order valence-electron chi connectivity index (χ0n) is 10.3. The molecule has 0 saturated carbocycles. The molecule has 0 spiro atoms. The first-order chi connectivity index (χ1) is 6.60. The van der Waals surface area contributed by atoms with Crippen LogP contribution in [0, 0.1) is 5.92 Å². The zero-order valence-corrected chi connectivity index (χ0v) is 10.3. The largest absolute Gasteiger partial charge is 0.393 e. The van der Waals surface area contributed by atoms with E-state index in [-0.39, 0.29) is 6.10 Å². The van der Waals surface area contributed by atoms with Crippen molar-refractivity contribution in [3.05, 3.63) is 0 Å². The minimum absolute atomic E-state index is 0.141. The maximum atomic E-state index is 9.15. The molecule has 0 amide bonds. The van der Waals surface area contributed by atoms with E-state index in [0.29, 0.717) is 0 Å². The standard InChI is InChI=1S/C12H27NO/c1-5-11(3)10-13(6-2)9-7-8-12(4)14/h11-12,14H,5-10H2,1-4H3. The highest BCUT2D eigenvalue weighted by molar-refractivity contribution is 4.61. The van der Waals surface area contributed by atoms with E-state index in [2.05, 4.69) is 25.7 Å². The Kier molecular flexibility index (Phi) is 8.20. The van der Waals surface area contributed by atoms with Gasteiger partial charge >= 0.3 is 0 Å². The summed E-state index contributed by atoms with van der Waals surface area (Å²) < 4.78 is 0. The first-order valence-electron chi connectivity index (χ1n) is 6.00. The quantitative estimate of drug-likeness (QED) is 0.652. The van der Waals surface area contributed by atoms with Crippen molar-refractivity contribution in [1.29, 1.82) is 0 Å². The highest BCUT2D eigenvalue weighted by atomic mass is 16.3. The first-order valence-corrected chi connectivity index (χ1v) is 6.00. The van der Waals surface area contributed by atoms with Crippen LogP contribution < -0.4 is 0 Å². The maximum Gasteiger partial charge on any atom is 0.0512 e. The van der Waals surface area contributed by atoms with E-state index >= 15 is 0 Å². The molecule has 0 aromatic rings. The van der Waals surface area contributed by atoms with Crippen LogP contribution >= 0.6 is 0 Å². The van der Waals surface area contributed by atoms with Crippen LogP contribution in [0.25, 0.3) is 0 Å². The minimum Gasteiger partial charge on any atom is -0.393 e. The summed E-state index contributed by atoms with van der Waals surface area (Å²) in [4.78, 5) is 2.48. The normalized spacial score (nSPS) is 15.9. The molecule has 0 rings (SSSR count). The van der Waals surface area contributed by atoms with Gasteiger partial charge < -0.3 is 10.0 Å². The summed E-state index contributed by atoms with van der Waals surface area (Å²) in [7, 11) is 0. The third kappa shape index (κ3) is 7.34. The maximum absolute atomic E-state index is 9.15. The van der Waals surface area contributed by atoms with Gasteiger partial charge in [0.05, 0.1) is 6.10 Å². The highest BCUT2D eigenvalue weighted by Gasteiger charge is 2.07. The molecule has 1 N–H and O–H groups in total. The van der Waals surface area contributed by atoms with E-state index < -0.39 is 0 Å². The van der Waals surface area contributed by atoms with Crippen molar-refractivity contribution in [3.63, 3.8) is 0 Å². The van der Waals surface area contributed by atoms with E-state index in [1.165, 1.54) is 13.0 Å². The third-order valence-electron chi connectivity index (χ3n) is 2.81. The number of hydrogen-bond acceptors (Lipinski definition) is 2. The number of aliphatic hydroxyl groups excluding tert-OH is 1. The van der Waals surface area contributed by atoms with Crippen molar-refractivity contribution in [1.82, 2.24) is 4.90 Å². The summed E-state index contributed by atoms with van der Waals surface area (Å²) in [5, 5.41) is 9.15. The lowest BCUT2D eigenvalue weighted by Gasteiger charge is -2.23. The van der Waals surface area contributed by atoms with E-state index in [4.69, 9.17) is 5.11 Å². The van der Waals surface area contributed by atoms with Crippen LogP contribution in [-0.4, -0.2) is 35.7 Å². The van der Waals surface area contributed by atoms with E-state index in [9.17, 15) is 0 Å². The second-order valence-corrected chi connectivity index (χ2v) is 4.40. The fourth-order valence-electron chi connectivity index (χ4n) is 1.56. The molecule has 2 heteroatoms. The molecule has 0 fully saturated rings. The molecule has 2 atom stereocenters. The molecule has 0 saturated heterocycles. The second kappa shape index (κ2) is 8.25. The molecular formula is C12H27NO. The Hall–Kier alpha value is -0.0800. The molecule has 2 unspecified atom stereocenters. The van der Waals surface area contributed by atoms with Crippen molar-refractivity contribution in [3.8, 4) is 0 Å². The molecule has 0 aromatic heterocycles. The van der Waals surface area contributed by atoms with Gasteiger partial charge in [0.25, 0.3) is 0 Å². The summed E-state index contributed by atoms with van der Waals surface area (Å²) in [6, 6.07) is 0. The molecule has 0 aromatic carbocycles. The van der Waals surface area contributed by atoms with Gasteiger partial charge in [0, 0.05) is 6.54 Å². The Morgan fingerprint density at radius 3 is 2.29 bits per heavy atom. The second-order valence-electron chi connectivity index (χ2n) is 4.40. The fourth-order valence-corrected chi connectivity index (χ4v) is 1.56. The average Bonchev–Trinajstić information content (AvgIpc) is 2.15. The number of rotatable bonds is 8. The summed E-state index contributed by atoms with van der Waals surface area (Å²) in [5.41, 5.74) is 0. The average molecular weight is 201 g/mol. The zero-order chi connectivity index (χ0) is 11.0. The lowest BCUT2D eigenvalue weighted by molar-refractivity contribution is 0.167.